The standard InChI is InChI=1S/C19H17N3O3S3/c1-4-25-19(24)15-12(13-6-5-7-26-13)9-27-17(15)20-16(23)14-8-11-10(2)21-22(3)18(11)28-14/h5-9H,4H2,1-3H3,(H,20,23). The van der Waals surface area contributed by atoms with Gasteiger partial charge in [0.2, 0.25) is 0 Å². The third-order valence-corrected chi connectivity index (χ3v) is 7.20. The van der Waals surface area contributed by atoms with E-state index < -0.39 is 5.97 Å². The third kappa shape index (κ3) is 3.25. The van der Waals surface area contributed by atoms with Crippen LogP contribution in [0.25, 0.3) is 20.7 Å². The Morgan fingerprint density at radius 1 is 1.32 bits per heavy atom. The van der Waals surface area contributed by atoms with E-state index in [1.54, 1.807) is 22.9 Å². The maximum absolute atomic E-state index is 12.9. The predicted molar refractivity (Wildman–Crippen MR) is 115 cm³/mol. The van der Waals surface area contributed by atoms with Gasteiger partial charge in [0.1, 0.15) is 15.4 Å². The summed E-state index contributed by atoms with van der Waals surface area (Å²) < 4.78 is 7.01. The van der Waals surface area contributed by atoms with Crippen LogP contribution in [0.1, 0.15) is 32.6 Å². The number of carbonyl (C=O) groups is 2. The number of fused-ring (bicyclic) bond motifs is 1. The summed E-state index contributed by atoms with van der Waals surface area (Å²) in [5, 5.41) is 12.6. The smallest absolute Gasteiger partial charge is 0.341 e. The lowest BCUT2D eigenvalue weighted by Crippen LogP contribution is -2.13. The molecule has 0 aliphatic carbocycles. The number of nitrogens with zero attached hydrogens (tertiary/aromatic N) is 2. The van der Waals surface area contributed by atoms with Crippen molar-refractivity contribution in [1.29, 1.82) is 0 Å². The number of rotatable bonds is 5. The van der Waals surface area contributed by atoms with Gasteiger partial charge in [0.15, 0.2) is 0 Å². The van der Waals surface area contributed by atoms with Gasteiger partial charge in [-0.05, 0) is 31.4 Å². The largest absolute Gasteiger partial charge is 0.462 e. The second-order valence-electron chi connectivity index (χ2n) is 6.04. The minimum absolute atomic E-state index is 0.245. The van der Waals surface area contributed by atoms with Gasteiger partial charge in [-0.15, -0.1) is 34.0 Å². The van der Waals surface area contributed by atoms with E-state index in [0.29, 0.717) is 15.4 Å². The van der Waals surface area contributed by atoms with Crippen molar-refractivity contribution in [2.24, 2.45) is 7.05 Å². The molecule has 4 aromatic rings. The molecule has 0 bridgehead atoms. The topological polar surface area (TPSA) is 73.2 Å². The highest BCUT2D eigenvalue weighted by Crippen LogP contribution is 2.39. The van der Waals surface area contributed by atoms with Crippen molar-refractivity contribution in [3.8, 4) is 10.4 Å². The minimum Gasteiger partial charge on any atom is -0.462 e. The Morgan fingerprint density at radius 3 is 2.82 bits per heavy atom. The molecule has 0 unspecified atom stereocenters. The Kier molecular flexibility index (Phi) is 5.05. The van der Waals surface area contributed by atoms with E-state index in [9.17, 15) is 9.59 Å². The number of ether oxygens (including phenoxy) is 1. The van der Waals surface area contributed by atoms with Crippen LogP contribution >= 0.6 is 34.0 Å². The Labute approximate surface area is 173 Å². The zero-order valence-electron chi connectivity index (χ0n) is 15.4. The summed E-state index contributed by atoms with van der Waals surface area (Å²) in [6, 6.07) is 5.72. The number of aromatic nitrogens is 2. The van der Waals surface area contributed by atoms with Crippen molar-refractivity contribution in [3.63, 3.8) is 0 Å². The minimum atomic E-state index is -0.432. The third-order valence-electron chi connectivity index (χ3n) is 4.20. The van der Waals surface area contributed by atoms with Crippen molar-refractivity contribution < 1.29 is 14.3 Å². The van der Waals surface area contributed by atoms with Gasteiger partial charge < -0.3 is 10.1 Å². The van der Waals surface area contributed by atoms with E-state index >= 15 is 0 Å². The first kappa shape index (κ1) is 18.9. The van der Waals surface area contributed by atoms with Crippen molar-refractivity contribution in [3.05, 3.63) is 45.1 Å². The second-order valence-corrected chi connectivity index (χ2v) is 8.90. The summed E-state index contributed by atoms with van der Waals surface area (Å²) in [7, 11) is 1.86. The lowest BCUT2D eigenvalue weighted by atomic mass is 10.1. The van der Waals surface area contributed by atoms with E-state index in [4.69, 9.17) is 4.74 Å². The normalized spacial score (nSPS) is 11.1. The van der Waals surface area contributed by atoms with Gasteiger partial charge in [0.05, 0.1) is 17.2 Å². The fraction of sp³-hybridized carbons (Fsp3) is 0.211. The molecule has 0 atom stereocenters. The molecule has 0 fully saturated rings. The van der Waals surface area contributed by atoms with E-state index in [2.05, 4.69) is 10.4 Å². The van der Waals surface area contributed by atoms with Crippen LogP contribution in [-0.2, 0) is 11.8 Å². The van der Waals surface area contributed by atoms with Crippen LogP contribution in [0.3, 0.4) is 0 Å². The number of carbonyl (C=O) groups excluding carboxylic acids is 2. The van der Waals surface area contributed by atoms with Gasteiger partial charge >= 0.3 is 5.97 Å². The first-order chi connectivity index (χ1) is 13.5. The number of anilines is 1. The highest BCUT2D eigenvalue weighted by Gasteiger charge is 2.24. The lowest BCUT2D eigenvalue weighted by molar-refractivity contribution is 0.0529. The molecule has 4 heterocycles. The van der Waals surface area contributed by atoms with Crippen LogP contribution in [0.4, 0.5) is 5.00 Å². The summed E-state index contributed by atoms with van der Waals surface area (Å²) in [5.74, 6) is -0.676. The average molecular weight is 432 g/mol. The quantitative estimate of drug-likeness (QED) is 0.443. The monoisotopic (exact) mass is 431 g/mol. The van der Waals surface area contributed by atoms with Crippen LogP contribution in [0.15, 0.2) is 29.0 Å². The van der Waals surface area contributed by atoms with Crippen LogP contribution in [0.5, 0.6) is 0 Å². The zero-order chi connectivity index (χ0) is 19.8. The van der Waals surface area contributed by atoms with Crippen molar-refractivity contribution in [1.82, 2.24) is 9.78 Å². The molecule has 0 aromatic carbocycles. The number of thiophene rings is 3. The summed E-state index contributed by atoms with van der Waals surface area (Å²) in [6.45, 7) is 3.96. The highest BCUT2D eigenvalue weighted by atomic mass is 32.1. The first-order valence-corrected chi connectivity index (χ1v) is 11.1. The Balaban J connectivity index is 1.69. The Bertz CT molecular complexity index is 1130. The molecule has 0 radical (unpaired) electrons. The molecule has 0 spiro atoms. The van der Waals surface area contributed by atoms with Gasteiger partial charge in [0, 0.05) is 28.3 Å². The predicted octanol–water partition coefficient (Wildman–Crippen LogP) is 5.16. The molecule has 0 saturated carbocycles. The van der Waals surface area contributed by atoms with Gasteiger partial charge in [-0.1, -0.05) is 6.07 Å². The Morgan fingerprint density at radius 2 is 2.14 bits per heavy atom. The number of hydrogen-bond donors (Lipinski definition) is 1. The molecule has 6 nitrogen and oxygen atoms in total. The van der Waals surface area contributed by atoms with Crippen LogP contribution in [0, 0.1) is 6.92 Å². The molecule has 144 valence electrons. The van der Waals surface area contributed by atoms with Crippen LogP contribution in [-0.4, -0.2) is 28.3 Å². The molecule has 9 heteroatoms. The molecule has 0 saturated heterocycles. The summed E-state index contributed by atoms with van der Waals surface area (Å²) >= 11 is 4.25. The average Bonchev–Trinajstić information content (AvgIpc) is 3.41. The summed E-state index contributed by atoms with van der Waals surface area (Å²) in [5.41, 5.74) is 2.07. The van der Waals surface area contributed by atoms with E-state index in [1.807, 2.05) is 42.9 Å². The molecule has 1 amide bonds. The van der Waals surface area contributed by atoms with E-state index in [0.717, 1.165) is 26.4 Å². The number of amides is 1. The number of hydrogen-bond acceptors (Lipinski definition) is 7. The van der Waals surface area contributed by atoms with Crippen molar-refractivity contribution in [2.45, 2.75) is 13.8 Å². The lowest BCUT2D eigenvalue weighted by Gasteiger charge is -2.07. The van der Waals surface area contributed by atoms with E-state index in [-0.39, 0.29) is 12.5 Å². The van der Waals surface area contributed by atoms with Gasteiger partial charge in [-0.3, -0.25) is 9.48 Å². The van der Waals surface area contributed by atoms with Crippen molar-refractivity contribution >= 4 is 61.1 Å². The Hall–Kier alpha value is -2.49. The molecule has 0 aliphatic rings. The van der Waals surface area contributed by atoms with Crippen molar-refractivity contribution in [2.75, 3.05) is 11.9 Å². The molecule has 0 aliphatic heterocycles. The first-order valence-electron chi connectivity index (χ1n) is 8.56. The van der Waals surface area contributed by atoms with Gasteiger partial charge in [0.25, 0.3) is 5.91 Å². The highest BCUT2D eigenvalue weighted by molar-refractivity contribution is 7.21. The van der Waals surface area contributed by atoms with Crippen LogP contribution in [0.2, 0.25) is 0 Å². The fourth-order valence-electron chi connectivity index (χ4n) is 2.95. The SMILES string of the molecule is CCOC(=O)c1c(-c2cccs2)csc1NC(=O)c1cc2c(C)nn(C)c2s1. The van der Waals surface area contributed by atoms with Gasteiger partial charge in [-0.2, -0.15) is 5.10 Å². The van der Waals surface area contributed by atoms with Crippen LogP contribution < -0.4 is 5.32 Å². The summed E-state index contributed by atoms with van der Waals surface area (Å²) in [4.78, 5) is 27.9. The number of aryl methyl sites for hydroxylation is 2. The number of esters is 1. The van der Waals surface area contributed by atoms with Gasteiger partial charge in [-0.25, -0.2) is 4.79 Å². The second kappa shape index (κ2) is 7.50. The fourth-order valence-corrected chi connectivity index (χ4v) is 5.74. The molecule has 4 rings (SSSR count). The molecule has 4 aromatic heterocycles. The maximum Gasteiger partial charge on any atom is 0.341 e. The maximum atomic E-state index is 12.9. The number of nitrogens with one attached hydrogen (secondary N) is 1. The molecule has 1 N–H and O–H groups in total. The molecular weight excluding hydrogens is 414 g/mol. The molecular formula is C19H17N3O3S3. The van der Waals surface area contributed by atoms with E-state index in [1.165, 1.54) is 22.7 Å². The molecule has 28 heavy (non-hydrogen) atoms. The zero-order valence-corrected chi connectivity index (χ0v) is 17.9. The summed E-state index contributed by atoms with van der Waals surface area (Å²) in [6.07, 6.45) is 0.